The van der Waals surface area contributed by atoms with Crippen LogP contribution in [-0.2, 0) is 14.8 Å². The molecule has 172 valence electrons. The number of rotatable bonds is 6. The van der Waals surface area contributed by atoms with E-state index in [9.17, 15) is 18.0 Å². The Hall–Kier alpha value is -2.88. The van der Waals surface area contributed by atoms with E-state index in [0.29, 0.717) is 23.5 Å². The molecule has 3 aromatic rings. The number of nitrogens with zero attached hydrogens (tertiary/aromatic N) is 2. The van der Waals surface area contributed by atoms with E-state index in [1.54, 1.807) is 12.1 Å². The van der Waals surface area contributed by atoms with Crippen LogP contribution < -0.4 is 5.32 Å². The fourth-order valence-electron chi connectivity index (χ4n) is 3.90. The Morgan fingerprint density at radius 1 is 1.06 bits per heavy atom. The summed E-state index contributed by atoms with van der Waals surface area (Å²) in [5.74, 6) is -0.612. The number of hydrogen-bond donors (Lipinski definition) is 1. The number of carbonyl (C=O) groups is 2. The van der Waals surface area contributed by atoms with Gasteiger partial charge in [-0.15, -0.1) is 0 Å². The SMILES string of the molecule is CC(=O)c1cccc(S(=O)(=O)N2CCC(C(=O)Nc3nc(C)c(-c4ccccc4)s3)CC2)c1. The third-order valence-corrected chi connectivity index (χ3v) is 8.78. The number of thiazole rings is 1. The van der Waals surface area contributed by atoms with Crippen molar-refractivity contribution < 1.29 is 18.0 Å². The van der Waals surface area contributed by atoms with E-state index in [-0.39, 0.29) is 35.6 Å². The van der Waals surface area contributed by atoms with Gasteiger partial charge in [-0.1, -0.05) is 53.8 Å². The van der Waals surface area contributed by atoms with Gasteiger partial charge >= 0.3 is 0 Å². The van der Waals surface area contributed by atoms with Crippen molar-refractivity contribution in [1.29, 1.82) is 0 Å². The summed E-state index contributed by atoms with van der Waals surface area (Å²) in [7, 11) is -3.72. The van der Waals surface area contributed by atoms with Gasteiger partial charge in [-0.3, -0.25) is 9.59 Å². The molecule has 1 aliphatic heterocycles. The number of benzene rings is 2. The number of Topliss-reactive ketones (excluding diaryl/α,β-unsaturated/α-hetero) is 1. The lowest BCUT2D eigenvalue weighted by atomic mass is 9.97. The number of aromatic nitrogens is 1. The van der Waals surface area contributed by atoms with Crippen molar-refractivity contribution in [3.8, 4) is 10.4 Å². The van der Waals surface area contributed by atoms with Crippen molar-refractivity contribution >= 4 is 38.2 Å². The average molecular weight is 484 g/mol. The van der Waals surface area contributed by atoms with Crippen LogP contribution in [0.5, 0.6) is 0 Å². The maximum absolute atomic E-state index is 13.0. The van der Waals surface area contributed by atoms with Gasteiger partial charge < -0.3 is 5.32 Å². The van der Waals surface area contributed by atoms with E-state index in [2.05, 4.69) is 10.3 Å². The van der Waals surface area contributed by atoms with E-state index in [4.69, 9.17) is 0 Å². The van der Waals surface area contributed by atoms with E-state index in [1.165, 1.54) is 34.7 Å². The number of aryl methyl sites for hydroxylation is 1. The zero-order chi connectivity index (χ0) is 23.6. The summed E-state index contributed by atoms with van der Waals surface area (Å²) in [6.45, 7) is 3.81. The van der Waals surface area contributed by atoms with Gasteiger partial charge in [0.2, 0.25) is 15.9 Å². The summed E-state index contributed by atoms with van der Waals surface area (Å²) in [6.07, 6.45) is 0.848. The van der Waals surface area contributed by atoms with Crippen LogP contribution in [0.25, 0.3) is 10.4 Å². The summed E-state index contributed by atoms with van der Waals surface area (Å²) < 4.78 is 27.4. The van der Waals surface area contributed by atoms with Gasteiger partial charge in [0.15, 0.2) is 10.9 Å². The molecule has 1 aromatic heterocycles. The van der Waals surface area contributed by atoms with E-state index < -0.39 is 10.0 Å². The Bertz CT molecular complexity index is 1280. The molecule has 2 aromatic carbocycles. The fraction of sp³-hybridized carbons (Fsp3) is 0.292. The molecule has 4 rings (SSSR count). The predicted molar refractivity (Wildman–Crippen MR) is 129 cm³/mol. The fourth-order valence-corrected chi connectivity index (χ4v) is 6.39. The molecule has 0 spiro atoms. The Balaban J connectivity index is 1.40. The molecule has 9 heteroatoms. The van der Waals surface area contributed by atoms with Crippen molar-refractivity contribution in [2.75, 3.05) is 18.4 Å². The minimum atomic E-state index is -3.72. The van der Waals surface area contributed by atoms with Crippen LogP contribution in [0, 0.1) is 12.8 Å². The van der Waals surface area contributed by atoms with Crippen molar-refractivity contribution in [1.82, 2.24) is 9.29 Å². The van der Waals surface area contributed by atoms with Crippen LogP contribution in [0.3, 0.4) is 0 Å². The number of carbonyl (C=O) groups excluding carboxylic acids is 2. The maximum atomic E-state index is 13.0. The number of hydrogen-bond acceptors (Lipinski definition) is 6. The molecule has 1 fully saturated rings. The lowest BCUT2D eigenvalue weighted by Crippen LogP contribution is -2.41. The molecule has 0 saturated carbocycles. The van der Waals surface area contributed by atoms with Crippen molar-refractivity contribution in [3.05, 3.63) is 65.9 Å². The molecule has 1 N–H and O–H groups in total. The first-order valence-electron chi connectivity index (χ1n) is 10.7. The number of ketones is 1. The quantitative estimate of drug-likeness (QED) is 0.526. The van der Waals surface area contributed by atoms with Crippen LogP contribution in [0.1, 0.15) is 35.8 Å². The number of piperidine rings is 1. The zero-order valence-electron chi connectivity index (χ0n) is 18.4. The van der Waals surface area contributed by atoms with Crippen LogP contribution >= 0.6 is 11.3 Å². The monoisotopic (exact) mass is 483 g/mol. The van der Waals surface area contributed by atoms with Crippen molar-refractivity contribution in [3.63, 3.8) is 0 Å². The van der Waals surface area contributed by atoms with E-state index >= 15 is 0 Å². The van der Waals surface area contributed by atoms with Crippen LogP contribution in [0.4, 0.5) is 5.13 Å². The third-order valence-electron chi connectivity index (χ3n) is 5.77. The second-order valence-electron chi connectivity index (χ2n) is 8.05. The Kier molecular flexibility index (Phi) is 6.73. The molecule has 0 unspecified atom stereocenters. The van der Waals surface area contributed by atoms with Gasteiger partial charge in [0.25, 0.3) is 0 Å². The number of sulfonamides is 1. The van der Waals surface area contributed by atoms with Crippen molar-refractivity contribution in [2.45, 2.75) is 31.6 Å². The summed E-state index contributed by atoms with van der Waals surface area (Å²) in [5, 5.41) is 3.46. The molecular weight excluding hydrogens is 458 g/mol. The molecule has 0 bridgehead atoms. The topological polar surface area (TPSA) is 96.4 Å². The second-order valence-corrected chi connectivity index (χ2v) is 11.0. The van der Waals surface area contributed by atoms with Gasteiger partial charge in [-0.2, -0.15) is 4.31 Å². The first-order valence-corrected chi connectivity index (χ1v) is 13.0. The minimum absolute atomic E-state index is 0.102. The molecule has 0 aliphatic carbocycles. The smallest absolute Gasteiger partial charge is 0.243 e. The highest BCUT2D eigenvalue weighted by molar-refractivity contribution is 7.89. The lowest BCUT2D eigenvalue weighted by molar-refractivity contribution is -0.120. The first-order chi connectivity index (χ1) is 15.8. The van der Waals surface area contributed by atoms with Gasteiger partial charge in [-0.05, 0) is 44.4 Å². The lowest BCUT2D eigenvalue weighted by Gasteiger charge is -2.30. The van der Waals surface area contributed by atoms with Crippen molar-refractivity contribution in [2.24, 2.45) is 5.92 Å². The van der Waals surface area contributed by atoms with Gasteiger partial charge in [-0.25, -0.2) is 13.4 Å². The highest BCUT2D eigenvalue weighted by atomic mass is 32.2. The highest BCUT2D eigenvalue weighted by Gasteiger charge is 2.32. The summed E-state index contributed by atoms with van der Waals surface area (Å²) >= 11 is 1.43. The minimum Gasteiger partial charge on any atom is -0.302 e. The van der Waals surface area contributed by atoms with Crippen LogP contribution in [-0.4, -0.2) is 42.5 Å². The second kappa shape index (κ2) is 9.54. The summed E-state index contributed by atoms with van der Waals surface area (Å²) in [4.78, 5) is 30.0. The molecular formula is C24H25N3O4S2. The molecule has 1 saturated heterocycles. The van der Waals surface area contributed by atoms with Crippen LogP contribution in [0.15, 0.2) is 59.5 Å². The number of amides is 1. The molecule has 1 aliphatic rings. The van der Waals surface area contributed by atoms with Gasteiger partial charge in [0, 0.05) is 24.6 Å². The zero-order valence-corrected chi connectivity index (χ0v) is 20.1. The molecule has 1 amide bonds. The standard InChI is InChI=1S/C24H25N3O4S2/c1-16-22(18-7-4-3-5-8-18)32-24(25-16)26-23(29)19-11-13-27(14-12-19)33(30,31)21-10-6-9-20(15-21)17(2)28/h3-10,15,19H,11-14H2,1-2H3,(H,25,26,29). The largest absolute Gasteiger partial charge is 0.302 e. The van der Waals surface area contributed by atoms with E-state index in [0.717, 1.165) is 16.1 Å². The molecule has 2 heterocycles. The summed E-state index contributed by atoms with van der Waals surface area (Å²) in [5.41, 5.74) is 2.27. The maximum Gasteiger partial charge on any atom is 0.243 e. The van der Waals surface area contributed by atoms with E-state index in [1.807, 2.05) is 37.3 Å². The highest BCUT2D eigenvalue weighted by Crippen LogP contribution is 2.33. The Morgan fingerprint density at radius 2 is 1.76 bits per heavy atom. The third kappa shape index (κ3) is 5.05. The Morgan fingerprint density at radius 3 is 2.42 bits per heavy atom. The number of anilines is 1. The molecule has 0 radical (unpaired) electrons. The average Bonchev–Trinajstić information content (AvgIpc) is 3.19. The molecule has 0 atom stereocenters. The predicted octanol–water partition coefficient (Wildman–Crippen LogP) is 4.36. The summed E-state index contributed by atoms with van der Waals surface area (Å²) in [6, 6.07) is 16.0. The van der Waals surface area contributed by atoms with Crippen LogP contribution in [0.2, 0.25) is 0 Å². The van der Waals surface area contributed by atoms with Gasteiger partial charge in [0.1, 0.15) is 0 Å². The number of nitrogens with one attached hydrogen (secondary N) is 1. The molecule has 33 heavy (non-hydrogen) atoms. The normalized spacial score (nSPS) is 15.3. The first kappa shape index (κ1) is 23.3. The molecule has 7 nitrogen and oxygen atoms in total. The Labute approximate surface area is 197 Å². The van der Waals surface area contributed by atoms with Gasteiger partial charge in [0.05, 0.1) is 15.5 Å².